The average Bonchev–Trinajstić information content (AvgIpc) is 3.08. The predicted octanol–water partition coefficient (Wildman–Crippen LogP) is 0.00750. The molecule has 2 fully saturated rings. The van der Waals surface area contributed by atoms with Gasteiger partial charge < -0.3 is 10.2 Å². The molecule has 10 heteroatoms. The van der Waals surface area contributed by atoms with Crippen molar-refractivity contribution in [3.05, 3.63) is 40.3 Å². The van der Waals surface area contributed by atoms with E-state index in [4.69, 9.17) is 0 Å². The number of piperidine rings is 1. The van der Waals surface area contributed by atoms with Crippen LogP contribution < -0.4 is 10.9 Å². The number of sulfone groups is 1. The molecule has 0 aliphatic carbocycles. The van der Waals surface area contributed by atoms with E-state index in [0.717, 1.165) is 0 Å². The molecule has 2 N–H and O–H groups in total. The van der Waals surface area contributed by atoms with Gasteiger partial charge in [-0.3, -0.25) is 14.4 Å². The number of nitrogens with zero attached hydrogens (tertiary/aromatic N) is 2. The zero-order chi connectivity index (χ0) is 21.3. The summed E-state index contributed by atoms with van der Waals surface area (Å²) < 4.78 is 23.1. The van der Waals surface area contributed by atoms with Gasteiger partial charge in [0, 0.05) is 30.4 Å². The fourth-order valence-corrected chi connectivity index (χ4v) is 5.85. The Bertz CT molecular complexity index is 1140. The third-order valence-corrected chi connectivity index (χ3v) is 7.66. The van der Waals surface area contributed by atoms with Gasteiger partial charge in [0.05, 0.1) is 29.0 Å². The molecule has 2 aliphatic rings. The number of H-pyrrole nitrogens is 1. The first kappa shape index (κ1) is 20.5. The van der Waals surface area contributed by atoms with Gasteiger partial charge in [-0.1, -0.05) is 18.2 Å². The SMILES string of the molecule is O=C(NC1CCS(=O)(=O)C1)C1CCN(C(=O)Cc2n[nH]c(=O)c3ccccc23)CC1. The van der Waals surface area contributed by atoms with Crippen LogP contribution in [0.5, 0.6) is 0 Å². The maximum Gasteiger partial charge on any atom is 0.272 e. The highest BCUT2D eigenvalue weighted by molar-refractivity contribution is 7.91. The van der Waals surface area contributed by atoms with Crippen molar-refractivity contribution in [1.29, 1.82) is 0 Å². The van der Waals surface area contributed by atoms with Crippen molar-refractivity contribution in [2.45, 2.75) is 31.7 Å². The second-order valence-electron chi connectivity index (χ2n) is 7.99. The van der Waals surface area contributed by atoms with E-state index >= 15 is 0 Å². The normalized spacial score (nSPS) is 21.6. The number of carbonyl (C=O) groups excluding carboxylic acids is 2. The van der Waals surface area contributed by atoms with Gasteiger partial charge >= 0.3 is 0 Å². The molecule has 2 aromatic rings. The first-order valence-electron chi connectivity index (χ1n) is 10.1. The van der Waals surface area contributed by atoms with Crippen LogP contribution in [0.2, 0.25) is 0 Å². The van der Waals surface area contributed by atoms with Crippen LogP contribution in [0.15, 0.2) is 29.1 Å². The molecule has 1 aromatic carbocycles. The summed E-state index contributed by atoms with van der Waals surface area (Å²) in [5, 5.41) is 10.5. The molecule has 0 spiro atoms. The molecule has 2 saturated heterocycles. The Morgan fingerprint density at radius 2 is 1.83 bits per heavy atom. The lowest BCUT2D eigenvalue weighted by Gasteiger charge is -2.32. The Kier molecular flexibility index (Phi) is 5.59. The minimum Gasteiger partial charge on any atom is -0.352 e. The van der Waals surface area contributed by atoms with Gasteiger partial charge in [-0.15, -0.1) is 0 Å². The minimum atomic E-state index is -3.04. The topological polar surface area (TPSA) is 129 Å². The Labute approximate surface area is 173 Å². The number of hydrogen-bond donors (Lipinski definition) is 2. The van der Waals surface area contributed by atoms with Gasteiger partial charge in [0.15, 0.2) is 9.84 Å². The highest BCUT2D eigenvalue weighted by Crippen LogP contribution is 2.21. The first-order valence-corrected chi connectivity index (χ1v) is 11.9. The second-order valence-corrected chi connectivity index (χ2v) is 10.2. The molecule has 3 heterocycles. The van der Waals surface area contributed by atoms with E-state index in [0.29, 0.717) is 48.8 Å². The third kappa shape index (κ3) is 4.38. The maximum absolute atomic E-state index is 12.7. The molecule has 2 aliphatic heterocycles. The second kappa shape index (κ2) is 8.17. The summed E-state index contributed by atoms with van der Waals surface area (Å²) in [4.78, 5) is 38.8. The summed E-state index contributed by atoms with van der Waals surface area (Å²) in [5.41, 5.74) is 0.237. The molecule has 9 nitrogen and oxygen atoms in total. The van der Waals surface area contributed by atoms with Crippen LogP contribution >= 0.6 is 0 Å². The summed E-state index contributed by atoms with van der Waals surface area (Å²) in [6, 6.07) is 6.74. The number of aromatic nitrogens is 2. The van der Waals surface area contributed by atoms with Crippen molar-refractivity contribution in [2.75, 3.05) is 24.6 Å². The molecular formula is C20H24N4O5S. The number of rotatable bonds is 4. The fraction of sp³-hybridized carbons (Fsp3) is 0.500. The highest BCUT2D eigenvalue weighted by Gasteiger charge is 2.32. The van der Waals surface area contributed by atoms with Crippen LogP contribution in [-0.4, -0.2) is 66.0 Å². The molecule has 0 radical (unpaired) electrons. The molecule has 1 atom stereocenters. The lowest BCUT2D eigenvalue weighted by molar-refractivity contribution is -0.135. The van der Waals surface area contributed by atoms with Crippen LogP contribution in [0.4, 0.5) is 0 Å². The van der Waals surface area contributed by atoms with E-state index < -0.39 is 9.84 Å². The van der Waals surface area contributed by atoms with Gasteiger partial charge in [0.2, 0.25) is 11.8 Å². The number of fused-ring (bicyclic) bond motifs is 1. The van der Waals surface area contributed by atoms with Crippen LogP contribution in [0, 0.1) is 5.92 Å². The Morgan fingerprint density at radius 1 is 1.13 bits per heavy atom. The number of carbonyl (C=O) groups is 2. The van der Waals surface area contributed by atoms with E-state index in [1.165, 1.54) is 0 Å². The summed E-state index contributed by atoms with van der Waals surface area (Å²) in [5.74, 6) is -0.309. The molecule has 4 rings (SSSR count). The monoisotopic (exact) mass is 432 g/mol. The van der Waals surface area contributed by atoms with Crippen LogP contribution in [0.25, 0.3) is 10.8 Å². The molecule has 30 heavy (non-hydrogen) atoms. The number of aromatic amines is 1. The van der Waals surface area contributed by atoms with E-state index in [-0.39, 0.29) is 47.3 Å². The van der Waals surface area contributed by atoms with Gasteiger partial charge in [-0.2, -0.15) is 5.10 Å². The van der Waals surface area contributed by atoms with Crippen LogP contribution in [0.1, 0.15) is 25.0 Å². The smallest absolute Gasteiger partial charge is 0.272 e. The highest BCUT2D eigenvalue weighted by atomic mass is 32.2. The van der Waals surface area contributed by atoms with Crippen molar-refractivity contribution in [3.8, 4) is 0 Å². The zero-order valence-electron chi connectivity index (χ0n) is 16.5. The van der Waals surface area contributed by atoms with Gasteiger partial charge in [-0.25, -0.2) is 13.5 Å². The van der Waals surface area contributed by atoms with Gasteiger partial charge in [0.1, 0.15) is 0 Å². The molecule has 160 valence electrons. The van der Waals surface area contributed by atoms with Gasteiger partial charge in [0.25, 0.3) is 5.56 Å². The summed E-state index contributed by atoms with van der Waals surface area (Å²) in [6.45, 7) is 0.919. The molecule has 2 amide bonds. The molecule has 0 bridgehead atoms. The average molecular weight is 433 g/mol. The Hall–Kier alpha value is -2.75. The van der Waals surface area contributed by atoms with Crippen molar-refractivity contribution in [2.24, 2.45) is 5.92 Å². The standard InChI is InChI=1S/C20H24N4O5S/c25-18(11-17-15-3-1-2-4-16(15)20(27)23-22-17)24-8-5-13(6-9-24)19(26)21-14-7-10-30(28,29)12-14/h1-4,13-14H,5-12H2,(H,21,26)(H,23,27). The first-order chi connectivity index (χ1) is 14.3. The number of nitrogens with one attached hydrogen (secondary N) is 2. The third-order valence-electron chi connectivity index (χ3n) is 5.89. The van der Waals surface area contributed by atoms with Crippen molar-refractivity contribution >= 4 is 32.4 Å². The lowest BCUT2D eigenvalue weighted by atomic mass is 9.95. The molecule has 1 unspecified atom stereocenters. The number of amides is 2. The number of likely N-dealkylation sites (tertiary alicyclic amines) is 1. The zero-order valence-corrected chi connectivity index (χ0v) is 17.3. The maximum atomic E-state index is 12.7. The van der Waals surface area contributed by atoms with E-state index in [2.05, 4.69) is 15.5 Å². The van der Waals surface area contributed by atoms with E-state index in [9.17, 15) is 22.8 Å². The Morgan fingerprint density at radius 3 is 2.50 bits per heavy atom. The molecule has 1 aromatic heterocycles. The fourth-order valence-electron chi connectivity index (χ4n) is 4.18. The number of hydrogen-bond acceptors (Lipinski definition) is 6. The summed E-state index contributed by atoms with van der Waals surface area (Å²) in [6.07, 6.45) is 1.62. The van der Waals surface area contributed by atoms with E-state index in [1.807, 2.05) is 0 Å². The van der Waals surface area contributed by atoms with Crippen molar-refractivity contribution < 1.29 is 18.0 Å². The van der Waals surface area contributed by atoms with E-state index in [1.54, 1.807) is 29.2 Å². The largest absolute Gasteiger partial charge is 0.352 e. The number of benzene rings is 1. The molecular weight excluding hydrogens is 408 g/mol. The minimum absolute atomic E-state index is 0.0101. The van der Waals surface area contributed by atoms with Crippen LogP contribution in [0.3, 0.4) is 0 Å². The quantitative estimate of drug-likeness (QED) is 0.700. The van der Waals surface area contributed by atoms with Crippen molar-refractivity contribution in [3.63, 3.8) is 0 Å². The van der Waals surface area contributed by atoms with Crippen LogP contribution in [-0.2, 0) is 25.8 Å². The van der Waals surface area contributed by atoms with Gasteiger partial charge in [-0.05, 0) is 25.3 Å². The molecule has 0 saturated carbocycles. The van der Waals surface area contributed by atoms with Crippen molar-refractivity contribution in [1.82, 2.24) is 20.4 Å². The predicted molar refractivity (Wildman–Crippen MR) is 111 cm³/mol. The summed E-state index contributed by atoms with van der Waals surface area (Å²) in [7, 11) is -3.04. The Balaban J connectivity index is 1.33. The lowest BCUT2D eigenvalue weighted by Crippen LogP contribution is -2.46. The summed E-state index contributed by atoms with van der Waals surface area (Å²) >= 11 is 0.